The minimum absolute atomic E-state index is 0.182. The van der Waals surface area contributed by atoms with Crippen molar-refractivity contribution in [2.45, 2.75) is 11.1 Å². The van der Waals surface area contributed by atoms with Gasteiger partial charge in [-0.05, 0) is 17.7 Å². The van der Waals surface area contributed by atoms with Crippen LogP contribution in [-0.4, -0.2) is 48.5 Å². The number of rotatable bonds is 4. The van der Waals surface area contributed by atoms with Gasteiger partial charge in [0.05, 0.1) is 30.8 Å². The SMILES string of the molecule is O=C(c1ccc(C2SCCS2)cc1)N1CC[NH+](Cc2ccccc2)CC1. The molecule has 0 radical (unpaired) electrons. The van der Waals surface area contributed by atoms with Crippen LogP contribution in [0.4, 0.5) is 0 Å². The first-order valence-electron chi connectivity index (χ1n) is 9.29. The van der Waals surface area contributed by atoms with Gasteiger partial charge in [0.15, 0.2) is 0 Å². The number of hydrogen-bond donors (Lipinski definition) is 1. The van der Waals surface area contributed by atoms with Gasteiger partial charge < -0.3 is 9.80 Å². The Morgan fingerprint density at radius 3 is 2.27 bits per heavy atom. The highest BCUT2D eigenvalue weighted by molar-refractivity contribution is 8.19. The van der Waals surface area contributed by atoms with Crippen LogP contribution in [0.15, 0.2) is 54.6 Å². The smallest absolute Gasteiger partial charge is 0.254 e. The predicted octanol–water partition coefficient (Wildman–Crippen LogP) is 2.71. The lowest BCUT2D eigenvalue weighted by molar-refractivity contribution is -0.917. The summed E-state index contributed by atoms with van der Waals surface area (Å²) in [5.41, 5.74) is 3.54. The van der Waals surface area contributed by atoms with Crippen LogP contribution in [0.25, 0.3) is 0 Å². The van der Waals surface area contributed by atoms with Crippen molar-refractivity contribution in [3.05, 3.63) is 71.3 Å². The lowest BCUT2D eigenvalue weighted by atomic mass is 10.1. The molecule has 2 fully saturated rings. The second kappa shape index (κ2) is 8.51. The molecule has 2 aliphatic heterocycles. The van der Waals surface area contributed by atoms with Gasteiger partial charge in [0.1, 0.15) is 6.54 Å². The number of piperazine rings is 1. The third kappa shape index (κ3) is 4.27. The summed E-state index contributed by atoms with van der Waals surface area (Å²) in [6.45, 7) is 4.78. The molecule has 26 heavy (non-hydrogen) atoms. The first kappa shape index (κ1) is 18.0. The summed E-state index contributed by atoms with van der Waals surface area (Å²) >= 11 is 4.01. The Morgan fingerprint density at radius 2 is 1.62 bits per heavy atom. The van der Waals surface area contributed by atoms with Crippen LogP contribution in [0.5, 0.6) is 0 Å². The third-order valence-corrected chi connectivity index (χ3v) is 8.21. The van der Waals surface area contributed by atoms with E-state index in [9.17, 15) is 4.79 Å². The van der Waals surface area contributed by atoms with E-state index in [-0.39, 0.29) is 5.91 Å². The molecule has 0 unspecified atom stereocenters. The summed E-state index contributed by atoms with van der Waals surface area (Å²) in [6, 6.07) is 18.9. The first-order valence-corrected chi connectivity index (χ1v) is 11.4. The Kier molecular flexibility index (Phi) is 5.88. The summed E-state index contributed by atoms with van der Waals surface area (Å²) < 4.78 is 0.546. The maximum atomic E-state index is 12.8. The minimum atomic E-state index is 0.182. The number of carbonyl (C=O) groups excluding carboxylic acids is 1. The molecule has 2 aromatic carbocycles. The highest BCUT2D eigenvalue weighted by Crippen LogP contribution is 2.45. The van der Waals surface area contributed by atoms with E-state index >= 15 is 0 Å². The molecular weight excluding hydrogens is 360 g/mol. The van der Waals surface area contributed by atoms with Crippen molar-refractivity contribution < 1.29 is 9.69 Å². The molecule has 2 aliphatic rings. The second-order valence-electron chi connectivity index (χ2n) is 6.90. The average Bonchev–Trinajstić information content (AvgIpc) is 3.24. The average molecular weight is 386 g/mol. The molecule has 5 heteroatoms. The van der Waals surface area contributed by atoms with Crippen molar-refractivity contribution in [1.82, 2.24) is 4.90 Å². The molecule has 1 amide bonds. The van der Waals surface area contributed by atoms with Crippen LogP contribution in [-0.2, 0) is 6.54 Å². The fourth-order valence-electron chi connectivity index (χ4n) is 3.60. The molecule has 136 valence electrons. The number of carbonyl (C=O) groups is 1. The Hall–Kier alpha value is -1.43. The quantitative estimate of drug-likeness (QED) is 0.876. The van der Waals surface area contributed by atoms with E-state index in [0.29, 0.717) is 4.58 Å². The topological polar surface area (TPSA) is 24.8 Å². The summed E-state index contributed by atoms with van der Waals surface area (Å²) in [5, 5.41) is 0. The zero-order valence-corrected chi connectivity index (χ0v) is 16.5. The largest absolute Gasteiger partial charge is 0.328 e. The van der Waals surface area contributed by atoms with E-state index in [1.807, 2.05) is 40.6 Å². The fourth-order valence-corrected chi connectivity index (χ4v) is 6.46. The van der Waals surface area contributed by atoms with Gasteiger partial charge in [0.25, 0.3) is 5.91 Å². The van der Waals surface area contributed by atoms with Crippen molar-refractivity contribution in [2.75, 3.05) is 37.7 Å². The molecular formula is C21H25N2OS2+. The number of thioether (sulfide) groups is 2. The maximum absolute atomic E-state index is 12.8. The summed E-state index contributed by atoms with van der Waals surface area (Å²) in [6.07, 6.45) is 0. The molecule has 0 bridgehead atoms. The number of hydrogen-bond acceptors (Lipinski definition) is 3. The van der Waals surface area contributed by atoms with E-state index in [0.717, 1.165) is 38.3 Å². The van der Waals surface area contributed by atoms with Gasteiger partial charge in [-0.3, -0.25) is 4.79 Å². The van der Waals surface area contributed by atoms with Gasteiger partial charge in [-0.2, -0.15) is 0 Å². The zero-order valence-electron chi connectivity index (χ0n) is 14.9. The molecule has 2 heterocycles. The Labute approximate surface area is 164 Å². The van der Waals surface area contributed by atoms with Gasteiger partial charge in [0, 0.05) is 22.6 Å². The van der Waals surface area contributed by atoms with Gasteiger partial charge in [-0.25, -0.2) is 0 Å². The van der Waals surface area contributed by atoms with Crippen molar-refractivity contribution in [1.29, 1.82) is 0 Å². The van der Waals surface area contributed by atoms with Crippen LogP contribution in [0.2, 0.25) is 0 Å². The first-order chi connectivity index (χ1) is 12.8. The van der Waals surface area contributed by atoms with Crippen molar-refractivity contribution in [3.63, 3.8) is 0 Å². The van der Waals surface area contributed by atoms with Crippen LogP contribution < -0.4 is 4.90 Å². The molecule has 0 aromatic heterocycles. The molecule has 0 atom stereocenters. The minimum Gasteiger partial charge on any atom is -0.328 e. The summed E-state index contributed by atoms with van der Waals surface area (Å²) in [5.74, 6) is 2.64. The number of benzene rings is 2. The Bertz CT molecular complexity index is 721. The molecule has 1 N–H and O–H groups in total. The van der Waals surface area contributed by atoms with Gasteiger partial charge in [-0.15, -0.1) is 23.5 Å². The lowest BCUT2D eigenvalue weighted by Gasteiger charge is -2.32. The molecule has 2 saturated heterocycles. The van der Waals surface area contributed by atoms with Gasteiger partial charge in [0.2, 0.25) is 0 Å². The molecule has 0 saturated carbocycles. The summed E-state index contributed by atoms with van der Waals surface area (Å²) in [7, 11) is 0. The van der Waals surface area contributed by atoms with Crippen molar-refractivity contribution in [2.24, 2.45) is 0 Å². The maximum Gasteiger partial charge on any atom is 0.254 e. The molecule has 2 aromatic rings. The standard InChI is InChI=1S/C21H24N2OS2/c24-20(18-6-8-19(9-7-18)21-25-14-15-26-21)23-12-10-22(11-13-23)16-17-4-2-1-3-5-17/h1-9,21H,10-16H2/p+1. The van der Waals surface area contributed by atoms with E-state index < -0.39 is 0 Å². The van der Waals surface area contributed by atoms with E-state index in [4.69, 9.17) is 0 Å². The Balaban J connectivity index is 1.31. The second-order valence-corrected chi connectivity index (χ2v) is 9.62. The number of quaternary nitrogens is 1. The molecule has 0 spiro atoms. The monoisotopic (exact) mass is 385 g/mol. The van der Waals surface area contributed by atoms with Crippen LogP contribution in [0.3, 0.4) is 0 Å². The van der Waals surface area contributed by atoms with Crippen LogP contribution >= 0.6 is 23.5 Å². The number of nitrogens with zero attached hydrogens (tertiary/aromatic N) is 1. The third-order valence-electron chi connectivity index (χ3n) is 5.11. The van der Waals surface area contributed by atoms with E-state index in [1.54, 1.807) is 4.90 Å². The zero-order chi connectivity index (χ0) is 17.8. The van der Waals surface area contributed by atoms with Crippen LogP contribution in [0.1, 0.15) is 26.1 Å². The fraction of sp³-hybridized carbons (Fsp3) is 0.381. The van der Waals surface area contributed by atoms with E-state index in [2.05, 4.69) is 42.5 Å². The van der Waals surface area contributed by atoms with Crippen LogP contribution in [0, 0.1) is 0 Å². The van der Waals surface area contributed by atoms with Crippen molar-refractivity contribution in [3.8, 4) is 0 Å². The molecule has 3 nitrogen and oxygen atoms in total. The number of amides is 1. The summed E-state index contributed by atoms with van der Waals surface area (Å²) in [4.78, 5) is 16.4. The number of nitrogens with one attached hydrogen (secondary N) is 1. The van der Waals surface area contributed by atoms with E-state index in [1.165, 1.54) is 22.6 Å². The Morgan fingerprint density at radius 1 is 0.962 bits per heavy atom. The van der Waals surface area contributed by atoms with Crippen molar-refractivity contribution >= 4 is 29.4 Å². The predicted molar refractivity (Wildman–Crippen MR) is 111 cm³/mol. The normalized spacial score (nSPS) is 19.0. The molecule has 4 rings (SSSR count). The highest BCUT2D eigenvalue weighted by atomic mass is 32.2. The van der Waals surface area contributed by atoms with Gasteiger partial charge >= 0.3 is 0 Å². The van der Waals surface area contributed by atoms with Gasteiger partial charge in [-0.1, -0.05) is 42.5 Å². The molecule has 0 aliphatic carbocycles. The lowest BCUT2D eigenvalue weighted by Crippen LogP contribution is -3.13. The highest BCUT2D eigenvalue weighted by Gasteiger charge is 2.25.